The molecule has 0 unspecified atom stereocenters. The predicted molar refractivity (Wildman–Crippen MR) is 120 cm³/mol. The van der Waals surface area contributed by atoms with E-state index in [2.05, 4.69) is 56.7 Å². The molecule has 3 heterocycles. The molecule has 2 aliphatic heterocycles. The fourth-order valence-electron chi connectivity index (χ4n) is 4.00. The molecule has 1 aromatic carbocycles. The largest absolute Gasteiger partial charge is 0.382 e. The van der Waals surface area contributed by atoms with Crippen molar-refractivity contribution in [3.63, 3.8) is 0 Å². The van der Waals surface area contributed by atoms with Crippen molar-refractivity contribution in [2.75, 3.05) is 47.4 Å². The Morgan fingerprint density at radius 2 is 1.80 bits per heavy atom. The molecule has 0 saturated carbocycles. The Labute approximate surface area is 177 Å². The van der Waals surface area contributed by atoms with Crippen LogP contribution in [0.25, 0.3) is 0 Å². The molecule has 0 atom stereocenters. The van der Waals surface area contributed by atoms with Gasteiger partial charge in [0.05, 0.1) is 6.54 Å². The molecule has 1 aromatic heterocycles. The van der Waals surface area contributed by atoms with E-state index in [-0.39, 0.29) is 18.3 Å². The van der Waals surface area contributed by atoms with Crippen LogP contribution >= 0.6 is 0 Å². The highest BCUT2D eigenvalue weighted by Crippen LogP contribution is 2.33. The number of amides is 1. The second kappa shape index (κ2) is 9.30. The van der Waals surface area contributed by atoms with E-state index in [1.165, 1.54) is 31.5 Å². The molecule has 4 N–H and O–H groups in total. The first-order chi connectivity index (χ1) is 14.6. The molecule has 2 aliphatic rings. The van der Waals surface area contributed by atoms with E-state index in [9.17, 15) is 4.79 Å². The molecule has 4 rings (SSSR count). The number of carbonyl (C=O) groups excluding carboxylic acids is 1. The lowest BCUT2D eigenvalue weighted by Gasteiger charge is -2.30. The van der Waals surface area contributed by atoms with Gasteiger partial charge in [0.25, 0.3) is 0 Å². The Morgan fingerprint density at radius 1 is 1.10 bits per heavy atom. The van der Waals surface area contributed by atoms with Gasteiger partial charge in [0.15, 0.2) is 11.6 Å². The number of rotatable bonds is 8. The Balaban J connectivity index is 1.49. The highest BCUT2D eigenvalue weighted by Gasteiger charge is 2.27. The Morgan fingerprint density at radius 3 is 2.50 bits per heavy atom. The Hall–Kier alpha value is -2.87. The topological polar surface area (TPSA) is 99.4 Å². The second-order valence-corrected chi connectivity index (χ2v) is 8.12. The van der Waals surface area contributed by atoms with Crippen molar-refractivity contribution in [2.45, 2.75) is 45.7 Å². The number of benzene rings is 1. The van der Waals surface area contributed by atoms with Crippen LogP contribution in [0.4, 0.5) is 23.3 Å². The number of carbonyl (C=O) groups is 1. The number of nitrogens with two attached hydrogens (primary N) is 1. The van der Waals surface area contributed by atoms with E-state index < -0.39 is 0 Å². The summed E-state index contributed by atoms with van der Waals surface area (Å²) in [6, 6.07) is 8.65. The van der Waals surface area contributed by atoms with Crippen LogP contribution in [0.15, 0.2) is 24.3 Å². The third kappa shape index (κ3) is 4.81. The SMILES string of the molecule is CCCCNc1nc(N)c2c(n1)N(Cc1ccc(CN3CCCC3)cc1)CC(=O)N2. The average molecular weight is 410 g/mol. The average Bonchev–Trinajstić information content (AvgIpc) is 3.24. The van der Waals surface area contributed by atoms with E-state index in [1.807, 2.05) is 4.90 Å². The van der Waals surface area contributed by atoms with Crippen molar-refractivity contribution < 1.29 is 4.79 Å². The Bertz CT molecular complexity index is 878. The molecule has 2 aromatic rings. The molecule has 0 bridgehead atoms. The van der Waals surface area contributed by atoms with Gasteiger partial charge >= 0.3 is 0 Å². The number of nitrogens with one attached hydrogen (secondary N) is 2. The minimum absolute atomic E-state index is 0.102. The number of unbranched alkanes of at least 4 members (excludes halogenated alkanes) is 1. The van der Waals surface area contributed by atoms with Gasteiger partial charge in [0.1, 0.15) is 5.69 Å². The van der Waals surface area contributed by atoms with Gasteiger partial charge in [-0.3, -0.25) is 9.69 Å². The zero-order valence-corrected chi connectivity index (χ0v) is 17.7. The summed E-state index contributed by atoms with van der Waals surface area (Å²) < 4.78 is 0. The number of anilines is 4. The van der Waals surface area contributed by atoms with Crippen molar-refractivity contribution in [2.24, 2.45) is 0 Å². The highest BCUT2D eigenvalue weighted by molar-refractivity contribution is 6.03. The number of hydrogen-bond acceptors (Lipinski definition) is 7. The first-order valence-corrected chi connectivity index (χ1v) is 10.9. The lowest BCUT2D eigenvalue weighted by molar-refractivity contribution is -0.115. The lowest BCUT2D eigenvalue weighted by Crippen LogP contribution is -2.39. The van der Waals surface area contributed by atoms with E-state index in [0.29, 0.717) is 24.0 Å². The minimum Gasteiger partial charge on any atom is -0.382 e. The van der Waals surface area contributed by atoms with Gasteiger partial charge in [0.2, 0.25) is 11.9 Å². The quantitative estimate of drug-likeness (QED) is 0.577. The van der Waals surface area contributed by atoms with Crippen molar-refractivity contribution in [1.82, 2.24) is 14.9 Å². The van der Waals surface area contributed by atoms with Crippen LogP contribution in [0.5, 0.6) is 0 Å². The first-order valence-electron chi connectivity index (χ1n) is 10.9. The van der Waals surface area contributed by atoms with E-state index >= 15 is 0 Å². The molecule has 1 amide bonds. The predicted octanol–water partition coefficient (Wildman–Crippen LogP) is 2.83. The Kier molecular flexibility index (Phi) is 6.32. The molecule has 8 heteroatoms. The van der Waals surface area contributed by atoms with E-state index in [1.54, 1.807) is 0 Å². The van der Waals surface area contributed by atoms with Gasteiger partial charge in [0, 0.05) is 19.6 Å². The van der Waals surface area contributed by atoms with Gasteiger partial charge in [-0.1, -0.05) is 37.6 Å². The lowest BCUT2D eigenvalue weighted by atomic mass is 10.1. The van der Waals surface area contributed by atoms with E-state index in [0.717, 1.165) is 31.5 Å². The maximum Gasteiger partial charge on any atom is 0.244 e. The molecule has 8 nitrogen and oxygen atoms in total. The maximum atomic E-state index is 12.2. The summed E-state index contributed by atoms with van der Waals surface area (Å²) in [6.45, 7) is 7.15. The molecule has 1 fully saturated rings. The maximum absolute atomic E-state index is 12.2. The standard InChI is InChI=1S/C22H31N7O/c1-2-3-10-24-22-26-20(23)19-21(27-22)29(15-18(30)25-19)14-17-8-6-16(7-9-17)13-28-11-4-5-12-28/h6-9H,2-5,10-15H2,1H3,(H,25,30)(H3,23,24,26,27). The van der Waals surface area contributed by atoms with Crippen LogP contribution in [0.2, 0.25) is 0 Å². The van der Waals surface area contributed by atoms with Crippen molar-refractivity contribution >= 4 is 29.2 Å². The van der Waals surface area contributed by atoms with Crippen molar-refractivity contribution in [3.05, 3.63) is 35.4 Å². The van der Waals surface area contributed by atoms with Crippen LogP contribution in [0, 0.1) is 0 Å². The van der Waals surface area contributed by atoms with Crippen molar-refractivity contribution in [3.8, 4) is 0 Å². The van der Waals surface area contributed by atoms with Crippen LogP contribution in [-0.4, -0.2) is 47.0 Å². The number of nitrogen functional groups attached to an aromatic ring is 1. The van der Waals surface area contributed by atoms with Gasteiger partial charge in [-0.25, -0.2) is 0 Å². The molecule has 30 heavy (non-hydrogen) atoms. The molecular weight excluding hydrogens is 378 g/mol. The minimum atomic E-state index is -0.102. The second-order valence-electron chi connectivity index (χ2n) is 8.12. The molecular formula is C22H31N7O. The van der Waals surface area contributed by atoms with Gasteiger partial charge in [-0.05, 0) is 43.5 Å². The summed E-state index contributed by atoms with van der Waals surface area (Å²) in [5.41, 5.74) is 9.09. The third-order valence-corrected chi connectivity index (χ3v) is 5.63. The molecule has 0 aliphatic carbocycles. The van der Waals surface area contributed by atoms with Crippen LogP contribution < -0.4 is 21.3 Å². The molecule has 1 saturated heterocycles. The molecule has 0 radical (unpaired) electrons. The molecule has 160 valence electrons. The number of hydrogen-bond donors (Lipinski definition) is 3. The number of fused-ring (bicyclic) bond motifs is 1. The van der Waals surface area contributed by atoms with Crippen LogP contribution in [-0.2, 0) is 17.9 Å². The fraction of sp³-hybridized carbons (Fsp3) is 0.500. The highest BCUT2D eigenvalue weighted by atomic mass is 16.2. The summed E-state index contributed by atoms with van der Waals surface area (Å²) in [4.78, 5) is 25.6. The summed E-state index contributed by atoms with van der Waals surface area (Å²) >= 11 is 0. The summed E-state index contributed by atoms with van der Waals surface area (Å²) in [5.74, 6) is 1.36. The van der Waals surface area contributed by atoms with Gasteiger partial charge < -0.3 is 21.3 Å². The van der Waals surface area contributed by atoms with Gasteiger partial charge in [-0.15, -0.1) is 0 Å². The van der Waals surface area contributed by atoms with Crippen molar-refractivity contribution in [1.29, 1.82) is 0 Å². The fourth-order valence-corrected chi connectivity index (χ4v) is 4.00. The summed E-state index contributed by atoms with van der Waals surface area (Å²) in [6.07, 6.45) is 4.72. The zero-order valence-electron chi connectivity index (χ0n) is 17.7. The molecule has 0 spiro atoms. The summed E-state index contributed by atoms with van der Waals surface area (Å²) in [5, 5.41) is 6.05. The van der Waals surface area contributed by atoms with Crippen LogP contribution in [0.1, 0.15) is 43.7 Å². The van der Waals surface area contributed by atoms with Gasteiger partial charge in [-0.2, -0.15) is 9.97 Å². The number of likely N-dealkylation sites (tertiary alicyclic amines) is 1. The third-order valence-electron chi connectivity index (χ3n) is 5.63. The summed E-state index contributed by atoms with van der Waals surface area (Å²) in [7, 11) is 0. The van der Waals surface area contributed by atoms with Crippen LogP contribution in [0.3, 0.4) is 0 Å². The smallest absolute Gasteiger partial charge is 0.244 e. The first kappa shape index (κ1) is 20.4. The normalized spacial score (nSPS) is 16.4. The number of aromatic nitrogens is 2. The van der Waals surface area contributed by atoms with E-state index in [4.69, 9.17) is 5.73 Å². The zero-order chi connectivity index (χ0) is 20.9. The number of nitrogens with zero attached hydrogens (tertiary/aromatic N) is 4. The monoisotopic (exact) mass is 409 g/mol.